The van der Waals surface area contributed by atoms with E-state index in [1.54, 1.807) is 48.5 Å². The van der Waals surface area contributed by atoms with E-state index in [0.717, 1.165) is 24.3 Å². The lowest BCUT2D eigenvalue weighted by molar-refractivity contribution is -0.137. The maximum Gasteiger partial charge on any atom is 0.416 e. The second-order valence-corrected chi connectivity index (χ2v) is 10.4. The van der Waals surface area contributed by atoms with Crippen LogP contribution in [0, 0.1) is 0 Å². The van der Waals surface area contributed by atoms with Gasteiger partial charge in [-0.15, -0.1) is 0 Å². The summed E-state index contributed by atoms with van der Waals surface area (Å²) in [6, 6.07) is 14.9. The molecule has 0 radical (unpaired) electrons. The van der Waals surface area contributed by atoms with Gasteiger partial charge in [-0.2, -0.15) is 13.2 Å². The molecule has 9 nitrogen and oxygen atoms in total. The van der Waals surface area contributed by atoms with Gasteiger partial charge in [0.25, 0.3) is 0 Å². The molecule has 0 saturated carbocycles. The van der Waals surface area contributed by atoms with E-state index < -0.39 is 45.5 Å². The van der Waals surface area contributed by atoms with Crippen LogP contribution in [0.2, 0.25) is 0 Å². The Balaban J connectivity index is 1.47. The third kappa shape index (κ3) is 7.19. The average molecular weight is 564 g/mol. The lowest BCUT2D eigenvalue weighted by atomic mass is 10.0. The number of hydrogen-bond acceptors (Lipinski definition) is 6. The van der Waals surface area contributed by atoms with E-state index in [-0.39, 0.29) is 18.8 Å². The number of likely N-dealkylation sites (N-methyl/N-ethyl adjacent to an activating group) is 1. The second kappa shape index (κ2) is 11.2. The van der Waals surface area contributed by atoms with Crippen molar-refractivity contribution in [3.8, 4) is 11.5 Å². The summed E-state index contributed by atoms with van der Waals surface area (Å²) in [5.41, 5.74) is 0.285. The lowest BCUT2D eigenvalue weighted by Crippen LogP contribution is -2.52. The standard InChI is InChI=1S/C26H24F3N3O6S/c1-32(20-11-12-22-23(14-20)38-16-37-22)24(33)21(13-17-5-3-2-4-6-17)30-25(34)31-39(35,36)15-18-7-9-19(10-8-18)26(27,28)29/h2-12,14,21H,13,15-16H2,1H3,(H2,30,31,34)/t21-/m0/s1. The number of nitrogens with one attached hydrogen (secondary N) is 2. The molecule has 0 spiro atoms. The maximum absolute atomic E-state index is 13.4. The Morgan fingerprint density at radius 1 is 0.949 bits per heavy atom. The summed E-state index contributed by atoms with van der Waals surface area (Å²) >= 11 is 0. The molecule has 1 heterocycles. The monoisotopic (exact) mass is 563 g/mol. The molecule has 4 rings (SSSR count). The highest BCUT2D eigenvalue weighted by molar-refractivity contribution is 7.89. The molecule has 1 aliphatic heterocycles. The number of fused-ring (bicyclic) bond motifs is 1. The molecular weight excluding hydrogens is 539 g/mol. The van der Waals surface area contributed by atoms with Crippen molar-refractivity contribution in [2.75, 3.05) is 18.7 Å². The Morgan fingerprint density at radius 3 is 2.28 bits per heavy atom. The van der Waals surface area contributed by atoms with Gasteiger partial charge in [0.1, 0.15) is 6.04 Å². The van der Waals surface area contributed by atoms with Crippen LogP contribution in [0.1, 0.15) is 16.7 Å². The topological polar surface area (TPSA) is 114 Å². The fraction of sp³-hybridized carbons (Fsp3) is 0.231. The highest BCUT2D eigenvalue weighted by atomic mass is 32.2. The summed E-state index contributed by atoms with van der Waals surface area (Å²) in [7, 11) is -2.81. The smallest absolute Gasteiger partial charge is 0.416 e. The molecule has 0 bridgehead atoms. The maximum atomic E-state index is 13.4. The summed E-state index contributed by atoms with van der Waals surface area (Å²) < 4.78 is 75.9. The van der Waals surface area contributed by atoms with E-state index in [0.29, 0.717) is 22.7 Å². The lowest BCUT2D eigenvalue weighted by Gasteiger charge is -2.25. The Kier molecular flexibility index (Phi) is 8.00. The van der Waals surface area contributed by atoms with Gasteiger partial charge in [0, 0.05) is 25.2 Å². The van der Waals surface area contributed by atoms with E-state index in [4.69, 9.17) is 9.47 Å². The number of rotatable bonds is 8. The normalized spacial score (nSPS) is 13.4. The number of amides is 3. The van der Waals surface area contributed by atoms with Crippen LogP contribution >= 0.6 is 0 Å². The van der Waals surface area contributed by atoms with Crippen molar-refractivity contribution in [3.05, 3.63) is 89.5 Å². The molecule has 1 aliphatic rings. The van der Waals surface area contributed by atoms with Crippen molar-refractivity contribution in [1.29, 1.82) is 0 Å². The first kappa shape index (κ1) is 27.8. The molecular formula is C26H24F3N3O6S. The first-order chi connectivity index (χ1) is 18.4. The molecule has 0 unspecified atom stereocenters. The number of benzene rings is 3. The zero-order valence-electron chi connectivity index (χ0n) is 20.6. The molecule has 1 atom stereocenters. The predicted octanol–water partition coefficient (Wildman–Crippen LogP) is 3.84. The SMILES string of the molecule is CN(C(=O)[C@H](Cc1ccccc1)NC(=O)NS(=O)(=O)Cc1ccc(C(F)(F)F)cc1)c1ccc2c(c1)OCO2. The van der Waals surface area contributed by atoms with Crippen LogP contribution < -0.4 is 24.4 Å². The molecule has 3 amide bonds. The molecule has 13 heteroatoms. The summed E-state index contributed by atoms with van der Waals surface area (Å²) in [6.07, 6.45) is -4.51. The summed E-state index contributed by atoms with van der Waals surface area (Å²) in [6.45, 7) is 0.0513. The van der Waals surface area contributed by atoms with Gasteiger partial charge >= 0.3 is 12.2 Å². The van der Waals surface area contributed by atoms with Gasteiger partial charge in [-0.25, -0.2) is 17.9 Å². The largest absolute Gasteiger partial charge is 0.454 e. The van der Waals surface area contributed by atoms with E-state index in [1.807, 2.05) is 4.72 Å². The summed E-state index contributed by atoms with van der Waals surface area (Å²) in [5.74, 6) is -0.302. The second-order valence-electron chi connectivity index (χ2n) is 8.71. The van der Waals surface area contributed by atoms with Crippen LogP contribution in [0.5, 0.6) is 11.5 Å². The number of nitrogens with zero attached hydrogens (tertiary/aromatic N) is 1. The quantitative estimate of drug-likeness (QED) is 0.431. The van der Waals surface area contributed by atoms with Crippen LogP contribution in [-0.4, -0.2) is 40.2 Å². The van der Waals surface area contributed by atoms with E-state index >= 15 is 0 Å². The molecule has 39 heavy (non-hydrogen) atoms. The Hall–Kier alpha value is -4.26. The van der Waals surface area contributed by atoms with Gasteiger partial charge in [0.15, 0.2) is 11.5 Å². The van der Waals surface area contributed by atoms with Crippen LogP contribution in [0.3, 0.4) is 0 Å². The third-order valence-corrected chi connectivity index (χ3v) is 7.06. The van der Waals surface area contributed by atoms with E-state index in [9.17, 15) is 31.2 Å². The van der Waals surface area contributed by atoms with Crippen molar-refractivity contribution in [2.24, 2.45) is 0 Å². The van der Waals surface area contributed by atoms with Crippen LogP contribution in [0.25, 0.3) is 0 Å². The number of carbonyl (C=O) groups is 2. The minimum absolute atomic E-state index is 0.0442. The molecule has 206 valence electrons. The van der Waals surface area contributed by atoms with Crippen molar-refractivity contribution in [1.82, 2.24) is 10.0 Å². The Labute approximate surface area is 222 Å². The van der Waals surface area contributed by atoms with Gasteiger partial charge in [0.2, 0.25) is 22.7 Å². The van der Waals surface area contributed by atoms with Crippen LogP contribution in [0.4, 0.5) is 23.7 Å². The zero-order chi connectivity index (χ0) is 28.2. The Morgan fingerprint density at radius 2 is 1.62 bits per heavy atom. The zero-order valence-corrected chi connectivity index (χ0v) is 21.4. The fourth-order valence-electron chi connectivity index (χ4n) is 3.88. The van der Waals surface area contributed by atoms with Crippen LogP contribution in [-0.2, 0) is 33.2 Å². The summed E-state index contributed by atoms with van der Waals surface area (Å²) in [4.78, 5) is 27.4. The number of carbonyl (C=O) groups excluding carboxylic acids is 2. The number of sulfonamides is 1. The molecule has 3 aromatic carbocycles. The fourth-order valence-corrected chi connectivity index (χ4v) is 4.92. The van der Waals surface area contributed by atoms with Gasteiger partial charge in [0.05, 0.1) is 11.3 Å². The summed E-state index contributed by atoms with van der Waals surface area (Å²) in [5, 5.41) is 2.41. The Bertz CT molecular complexity index is 1450. The van der Waals surface area contributed by atoms with E-state index in [1.165, 1.54) is 11.9 Å². The number of urea groups is 1. The minimum atomic E-state index is -4.57. The van der Waals surface area contributed by atoms with Crippen LogP contribution in [0.15, 0.2) is 72.8 Å². The number of hydrogen-bond donors (Lipinski definition) is 2. The van der Waals surface area contributed by atoms with Crippen molar-refractivity contribution >= 4 is 27.6 Å². The van der Waals surface area contributed by atoms with Gasteiger partial charge in [-0.05, 0) is 35.4 Å². The van der Waals surface area contributed by atoms with Gasteiger partial charge in [-0.3, -0.25) is 4.79 Å². The molecule has 3 aromatic rings. The highest BCUT2D eigenvalue weighted by Gasteiger charge is 2.31. The molecule has 2 N–H and O–H groups in total. The average Bonchev–Trinajstić information content (AvgIpc) is 3.35. The van der Waals surface area contributed by atoms with Gasteiger partial charge < -0.3 is 19.7 Å². The molecule has 0 aliphatic carbocycles. The first-order valence-corrected chi connectivity index (χ1v) is 13.2. The van der Waals surface area contributed by atoms with Crippen molar-refractivity contribution in [3.63, 3.8) is 0 Å². The molecule has 0 saturated heterocycles. The molecule has 0 fully saturated rings. The van der Waals surface area contributed by atoms with Crippen molar-refractivity contribution in [2.45, 2.75) is 24.4 Å². The number of alkyl halides is 3. The van der Waals surface area contributed by atoms with Crippen molar-refractivity contribution < 1.29 is 40.7 Å². The van der Waals surface area contributed by atoms with Gasteiger partial charge in [-0.1, -0.05) is 42.5 Å². The minimum Gasteiger partial charge on any atom is -0.454 e. The predicted molar refractivity (Wildman–Crippen MR) is 136 cm³/mol. The first-order valence-electron chi connectivity index (χ1n) is 11.6. The van der Waals surface area contributed by atoms with E-state index in [2.05, 4.69) is 5.32 Å². The third-order valence-electron chi connectivity index (χ3n) is 5.85. The number of anilines is 1. The number of halogens is 3. The highest BCUT2D eigenvalue weighted by Crippen LogP contribution is 2.35. The number of ether oxygens (including phenoxy) is 2. The molecule has 0 aromatic heterocycles.